The Balaban J connectivity index is 1.76. The summed E-state index contributed by atoms with van der Waals surface area (Å²) >= 11 is 0. The van der Waals surface area contributed by atoms with Crippen LogP contribution in [-0.2, 0) is 12.8 Å². The molecule has 1 aliphatic rings. The van der Waals surface area contributed by atoms with E-state index in [1.54, 1.807) is 0 Å². The summed E-state index contributed by atoms with van der Waals surface area (Å²) in [6, 6.07) is 16.0. The van der Waals surface area contributed by atoms with Gasteiger partial charge in [0.25, 0.3) is 0 Å². The first-order chi connectivity index (χ1) is 8.70. The van der Waals surface area contributed by atoms with E-state index in [0.717, 1.165) is 12.8 Å². The van der Waals surface area contributed by atoms with Crippen molar-refractivity contribution in [1.82, 2.24) is 0 Å². The fraction of sp³-hybridized carbons (Fsp3) is 0.294. The highest BCUT2D eigenvalue weighted by Gasteiger charge is 2.20. The zero-order valence-electron chi connectivity index (χ0n) is 11.0. The second-order valence-corrected chi connectivity index (χ2v) is 5.39. The number of fused-ring (bicyclic) bond motifs is 1. The number of nitrogens with one attached hydrogen (secondary N) is 1. The van der Waals surface area contributed by atoms with Gasteiger partial charge in [-0.25, -0.2) is 0 Å². The maximum absolute atomic E-state index is 3.67. The molecule has 0 fully saturated rings. The fourth-order valence-electron chi connectivity index (χ4n) is 2.95. The van der Waals surface area contributed by atoms with Crippen LogP contribution in [0.5, 0.6) is 0 Å². The van der Waals surface area contributed by atoms with E-state index >= 15 is 0 Å². The van der Waals surface area contributed by atoms with E-state index in [9.17, 15) is 0 Å². The van der Waals surface area contributed by atoms with Gasteiger partial charge >= 0.3 is 0 Å². The molecule has 18 heavy (non-hydrogen) atoms. The zero-order valence-corrected chi connectivity index (χ0v) is 11.0. The van der Waals surface area contributed by atoms with Gasteiger partial charge < -0.3 is 5.32 Å². The van der Waals surface area contributed by atoms with Crippen LogP contribution in [0.15, 0.2) is 42.5 Å². The van der Waals surface area contributed by atoms with Gasteiger partial charge in [0.2, 0.25) is 0 Å². The maximum atomic E-state index is 3.67. The molecule has 92 valence electrons. The third-order valence-electron chi connectivity index (χ3n) is 3.64. The fourth-order valence-corrected chi connectivity index (χ4v) is 2.95. The number of anilines is 1. The van der Waals surface area contributed by atoms with Crippen molar-refractivity contribution < 1.29 is 0 Å². The number of rotatable bonds is 2. The molecule has 3 rings (SSSR count). The summed E-state index contributed by atoms with van der Waals surface area (Å²) in [6.45, 7) is 4.31. The molecule has 2 aromatic rings. The van der Waals surface area contributed by atoms with Crippen LogP contribution in [0.1, 0.15) is 22.3 Å². The van der Waals surface area contributed by atoms with Crippen LogP contribution in [0.4, 0.5) is 5.69 Å². The topological polar surface area (TPSA) is 12.0 Å². The molecule has 0 spiro atoms. The monoisotopic (exact) mass is 237 g/mol. The van der Waals surface area contributed by atoms with Crippen molar-refractivity contribution in [3.05, 3.63) is 64.7 Å². The van der Waals surface area contributed by atoms with E-state index in [1.165, 1.54) is 27.9 Å². The van der Waals surface area contributed by atoms with Gasteiger partial charge in [0, 0.05) is 11.7 Å². The SMILES string of the molecule is Cc1cc(C)cc(NC2Cc3ccccc3C2)c1. The molecule has 1 nitrogen and oxygen atoms in total. The van der Waals surface area contributed by atoms with Gasteiger partial charge in [0.1, 0.15) is 0 Å². The van der Waals surface area contributed by atoms with Gasteiger partial charge in [-0.2, -0.15) is 0 Å². The van der Waals surface area contributed by atoms with E-state index < -0.39 is 0 Å². The third-order valence-corrected chi connectivity index (χ3v) is 3.64. The minimum atomic E-state index is 0.545. The molecular formula is C17H19N. The predicted octanol–water partition coefficient (Wildman–Crippen LogP) is 3.88. The first kappa shape index (κ1) is 11.3. The van der Waals surface area contributed by atoms with E-state index in [2.05, 4.69) is 61.6 Å². The summed E-state index contributed by atoms with van der Waals surface area (Å²) in [5, 5.41) is 3.67. The van der Waals surface area contributed by atoms with Gasteiger partial charge in [-0.15, -0.1) is 0 Å². The lowest BCUT2D eigenvalue weighted by Crippen LogP contribution is -2.19. The highest BCUT2D eigenvalue weighted by Crippen LogP contribution is 2.25. The lowest BCUT2D eigenvalue weighted by Gasteiger charge is -2.14. The normalized spacial score (nSPS) is 14.6. The molecule has 0 unspecified atom stereocenters. The molecule has 0 radical (unpaired) electrons. The van der Waals surface area contributed by atoms with Crippen LogP contribution in [0.3, 0.4) is 0 Å². The smallest absolute Gasteiger partial charge is 0.0347 e. The Morgan fingerprint density at radius 2 is 1.44 bits per heavy atom. The van der Waals surface area contributed by atoms with Crippen molar-refractivity contribution in [1.29, 1.82) is 0 Å². The van der Waals surface area contributed by atoms with E-state index in [4.69, 9.17) is 0 Å². The Bertz CT molecular complexity index is 526. The molecule has 0 amide bonds. The minimum Gasteiger partial charge on any atom is -0.382 e. The molecule has 1 heteroatoms. The number of hydrogen-bond acceptors (Lipinski definition) is 1. The van der Waals surface area contributed by atoms with Crippen LogP contribution in [0.2, 0.25) is 0 Å². The van der Waals surface area contributed by atoms with Crippen LogP contribution in [0.25, 0.3) is 0 Å². The van der Waals surface area contributed by atoms with E-state index in [1.807, 2.05) is 0 Å². The summed E-state index contributed by atoms with van der Waals surface area (Å²) in [5.74, 6) is 0. The molecule has 0 saturated heterocycles. The minimum absolute atomic E-state index is 0.545. The molecule has 0 aromatic heterocycles. The highest BCUT2D eigenvalue weighted by atomic mass is 14.9. The number of benzene rings is 2. The van der Waals surface area contributed by atoms with Crippen molar-refractivity contribution in [2.75, 3.05) is 5.32 Å². The number of hydrogen-bond donors (Lipinski definition) is 1. The van der Waals surface area contributed by atoms with Gasteiger partial charge in [-0.1, -0.05) is 30.3 Å². The third kappa shape index (κ3) is 2.26. The molecule has 0 atom stereocenters. The van der Waals surface area contributed by atoms with Crippen LogP contribution in [-0.4, -0.2) is 6.04 Å². The zero-order chi connectivity index (χ0) is 12.5. The van der Waals surface area contributed by atoms with E-state index in [-0.39, 0.29) is 0 Å². The molecule has 1 N–H and O–H groups in total. The maximum Gasteiger partial charge on any atom is 0.0347 e. The second-order valence-electron chi connectivity index (χ2n) is 5.39. The Kier molecular flexibility index (Phi) is 2.83. The second kappa shape index (κ2) is 4.49. The summed E-state index contributed by atoms with van der Waals surface area (Å²) in [4.78, 5) is 0. The largest absolute Gasteiger partial charge is 0.382 e. The Hall–Kier alpha value is -1.76. The Labute approximate surface area is 109 Å². The van der Waals surface area contributed by atoms with E-state index in [0.29, 0.717) is 6.04 Å². The van der Waals surface area contributed by atoms with Crippen LogP contribution < -0.4 is 5.32 Å². The Morgan fingerprint density at radius 1 is 0.889 bits per heavy atom. The highest BCUT2D eigenvalue weighted by molar-refractivity contribution is 5.50. The quantitative estimate of drug-likeness (QED) is 0.835. The van der Waals surface area contributed by atoms with Crippen molar-refractivity contribution >= 4 is 5.69 Å². The summed E-state index contributed by atoms with van der Waals surface area (Å²) in [5.41, 5.74) is 6.91. The van der Waals surface area contributed by atoms with Gasteiger partial charge in [0.15, 0.2) is 0 Å². The predicted molar refractivity (Wildman–Crippen MR) is 77.2 cm³/mol. The lowest BCUT2D eigenvalue weighted by molar-refractivity contribution is 0.774. The number of aryl methyl sites for hydroxylation is 2. The standard InChI is InChI=1S/C17H19N/c1-12-7-13(2)9-16(8-12)18-17-10-14-5-3-4-6-15(14)11-17/h3-9,17-18H,10-11H2,1-2H3. The van der Waals surface area contributed by atoms with Gasteiger partial charge in [0.05, 0.1) is 0 Å². The van der Waals surface area contributed by atoms with Crippen LogP contribution in [0, 0.1) is 13.8 Å². The van der Waals surface area contributed by atoms with Crippen LogP contribution >= 0.6 is 0 Å². The van der Waals surface area contributed by atoms with Crippen molar-refractivity contribution in [2.24, 2.45) is 0 Å². The molecule has 0 saturated carbocycles. The molecule has 0 aliphatic heterocycles. The Morgan fingerprint density at radius 3 is 2.00 bits per heavy atom. The summed E-state index contributed by atoms with van der Waals surface area (Å²) < 4.78 is 0. The average Bonchev–Trinajstić information content (AvgIpc) is 2.69. The summed E-state index contributed by atoms with van der Waals surface area (Å²) in [6.07, 6.45) is 2.28. The first-order valence-corrected chi connectivity index (χ1v) is 6.62. The molecule has 0 bridgehead atoms. The molecule has 0 heterocycles. The van der Waals surface area contributed by atoms with Crippen molar-refractivity contribution in [3.63, 3.8) is 0 Å². The first-order valence-electron chi connectivity index (χ1n) is 6.62. The van der Waals surface area contributed by atoms with Crippen molar-refractivity contribution in [2.45, 2.75) is 32.7 Å². The summed E-state index contributed by atoms with van der Waals surface area (Å²) in [7, 11) is 0. The molecular weight excluding hydrogens is 218 g/mol. The average molecular weight is 237 g/mol. The van der Waals surface area contributed by atoms with Crippen molar-refractivity contribution in [3.8, 4) is 0 Å². The van der Waals surface area contributed by atoms with Gasteiger partial charge in [-0.3, -0.25) is 0 Å². The van der Waals surface area contributed by atoms with Gasteiger partial charge in [-0.05, 0) is 61.1 Å². The molecule has 2 aromatic carbocycles. The molecule has 1 aliphatic carbocycles. The lowest BCUT2D eigenvalue weighted by atomic mass is 10.1.